The number of hydrogen-bond acceptors (Lipinski definition) is 7. The second-order valence-corrected chi connectivity index (χ2v) is 7.98. The summed E-state index contributed by atoms with van der Waals surface area (Å²) in [7, 11) is 4.75. The van der Waals surface area contributed by atoms with Crippen molar-refractivity contribution in [2.75, 3.05) is 27.9 Å². The second-order valence-electron chi connectivity index (χ2n) is 7.04. The smallest absolute Gasteiger partial charge is 0.281 e. The summed E-state index contributed by atoms with van der Waals surface area (Å²) in [5, 5.41) is 8.17. The molecule has 0 spiro atoms. The van der Waals surface area contributed by atoms with E-state index in [9.17, 15) is 4.79 Å². The molecule has 0 bridgehead atoms. The van der Waals surface area contributed by atoms with Crippen LogP contribution in [0, 0.1) is 0 Å². The number of benzene rings is 2. The van der Waals surface area contributed by atoms with Crippen molar-refractivity contribution in [2.45, 2.75) is 12.5 Å². The summed E-state index contributed by atoms with van der Waals surface area (Å²) in [5.74, 6) is 2.06. The van der Waals surface area contributed by atoms with Crippen molar-refractivity contribution < 1.29 is 23.7 Å². The lowest BCUT2D eigenvalue weighted by atomic mass is 10.0. The van der Waals surface area contributed by atoms with Crippen molar-refractivity contribution in [3.63, 3.8) is 0 Å². The molecule has 0 saturated carbocycles. The van der Waals surface area contributed by atoms with Crippen molar-refractivity contribution in [1.82, 2.24) is 5.01 Å². The number of rotatable bonds is 8. The summed E-state index contributed by atoms with van der Waals surface area (Å²) in [4.78, 5) is 14.2. The minimum atomic E-state index is -0.277. The Morgan fingerprint density at radius 2 is 1.69 bits per heavy atom. The predicted molar refractivity (Wildman–Crippen MR) is 123 cm³/mol. The molecule has 1 amide bonds. The van der Waals surface area contributed by atoms with Gasteiger partial charge in [0.2, 0.25) is 0 Å². The highest BCUT2D eigenvalue weighted by Crippen LogP contribution is 2.38. The molecule has 0 unspecified atom stereocenters. The summed E-state index contributed by atoms with van der Waals surface area (Å²) in [6.07, 6.45) is 0.594. The Hall–Kier alpha value is -3.52. The average Bonchev–Trinajstić information content (AvgIpc) is 3.52. The van der Waals surface area contributed by atoms with E-state index in [-0.39, 0.29) is 18.6 Å². The number of methoxy groups -OCH3 is 3. The number of hydrogen-bond donors (Lipinski definition) is 0. The predicted octanol–water partition coefficient (Wildman–Crippen LogP) is 4.53. The normalized spacial score (nSPS) is 15.3. The van der Waals surface area contributed by atoms with E-state index in [2.05, 4.69) is 5.10 Å². The van der Waals surface area contributed by atoms with Gasteiger partial charge in [-0.2, -0.15) is 5.10 Å². The maximum atomic E-state index is 13.2. The first-order valence-electron chi connectivity index (χ1n) is 10.1. The number of para-hydroxylation sites is 2. The van der Waals surface area contributed by atoms with Crippen LogP contribution >= 0.6 is 11.3 Å². The van der Waals surface area contributed by atoms with Crippen molar-refractivity contribution in [1.29, 1.82) is 0 Å². The van der Waals surface area contributed by atoms with Crippen molar-refractivity contribution in [2.24, 2.45) is 5.10 Å². The van der Waals surface area contributed by atoms with Crippen LogP contribution in [0.25, 0.3) is 0 Å². The van der Waals surface area contributed by atoms with E-state index in [1.54, 1.807) is 44.8 Å². The molecule has 0 fully saturated rings. The van der Waals surface area contributed by atoms with Gasteiger partial charge < -0.3 is 18.9 Å². The molecule has 1 aliphatic rings. The average molecular weight is 453 g/mol. The zero-order valence-corrected chi connectivity index (χ0v) is 18.9. The lowest BCUT2D eigenvalue weighted by Crippen LogP contribution is -2.31. The number of carbonyl (C=O) groups is 1. The summed E-state index contributed by atoms with van der Waals surface area (Å²) < 4.78 is 21.9. The molecule has 7 nitrogen and oxygen atoms in total. The molecule has 1 aliphatic heterocycles. The third-order valence-corrected chi connectivity index (χ3v) is 6.10. The molecule has 0 saturated heterocycles. The van der Waals surface area contributed by atoms with Gasteiger partial charge >= 0.3 is 0 Å². The molecule has 0 N–H and O–H groups in total. The summed E-state index contributed by atoms with van der Waals surface area (Å²) in [5.41, 5.74) is 1.77. The Balaban J connectivity index is 1.60. The molecular formula is C24H24N2O5S. The fourth-order valence-electron chi connectivity index (χ4n) is 3.60. The molecule has 0 radical (unpaired) electrons. The third kappa shape index (κ3) is 4.40. The van der Waals surface area contributed by atoms with Gasteiger partial charge in [-0.1, -0.05) is 24.3 Å². The zero-order chi connectivity index (χ0) is 22.5. The van der Waals surface area contributed by atoms with E-state index in [4.69, 9.17) is 18.9 Å². The number of carbonyl (C=O) groups excluding carboxylic acids is 1. The minimum Gasteiger partial charge on any atom is -0.493 e. The van der Waals surface area contributed by atoms with Gasteiger partial charge in [0, 0.05) is 6.42 Å². The molecule has 4 rings (SSSR count). The topological polar surface area (TPSA) is 69.6 Å². The van der Waals surface area contributed by atoms with Crippen LogP contribution in [0.2, 0.25) is 0 Å². The molecule has 3 aromatic rings. The molecule has 8 heteroatoms. The van der Waals surface area contributed by atoms with Crippen LogP contribution < -0.4 is 18.9 Å². The minimum absolute atomic E-state index is 0.161. The maximum absolute atomic E-state index is 13.2. The summed E-state index contributed by atoms with van der Waals surface area (Å²) in [6, 6.07) is 16.6. The van der Waals surface area contributed by atoms with Crippen LogP contribution in [-0.4, -0.2) is 44.6 Å². The van der Waals surface area contributed by atoms with Crippen LogP contribution in [-0.2, 0) is 4.79 Å². The van der Waals surface area contributed by atoms with Gasteiger partial charge in [0.25, 0.3) is 5.91 Å². The Morgan fingerprint density at radius 1 is 0.969 bits per heavy atom. The van der Waals surface area contributed by atoms with Gasteiger partial charge in [0.05, 0.1) is 38.0 Å². The van der Waals surface area contributed by atoms with Crippen molar-refractivity contribution in [3.8, 4) is 23.0 Å². The van der Waals surface area contributed by atoms with Crippen LogP contribution in [0.3, 0.4) is 0 Å². The number of thiophene rings is 1. The lowest BCUT2D eigenvalue weighted by molar-refractivity contribution is -0.135. The van der Waals surface area contributed by atoms with Gasteiger partial charge in [-0.15, -0.1) is 11.3 Å². The van der Waals surface area contributed by atoms with E-state index < -0.39 is 0 Å². The van der Waals surface area contributed by atoms with Gasteiger partial charge in [-0.25, -0.2) is 5.01 Å². The van der Waals surface area contributed by atoms with Gasteiger partial charge in [0.1, 0.15) is 0 Å². The highest BCUT2D eigenvalue weighted by molar-refractivity contribution is 7.12. The molecule has 166 valence electrons. The van der Waals surface area contributed by atoms with Gasteiger partial charge in [-0.3, -0.25) is 4.79 Å². The second kappa shape index (κ2) is 9.74. The quantitative estimate of drug-likeness (QED) is 0.502. The van der Waals surface area contributed by atoms with Gasteiger partial charge in [0.15, 0.2) is 29.6 Å². The Kier molecular flexibility index (Phi) is 6.61. The summed E-state index contributed by atoms with van der Waals surface area (Å²) >= 11 is 1.60. The molecule has 1 atom stereocenters. The third-order valence-electron chi connectivity index (χ3n) is 5.18. The Bertz CT molecular complexity index is 1110. The van der Waals surface area contributed by atoms with Crippen LogP contribution in [0.4, 0.5) is 0 Å². The molecule has 0 aliphatic carbocycles. The largest absolute Gasteiger partial charge is 0.493 e. The highest BCUT2D eigenvalue weighted by Gasteiger charge is 2.34. The molecule has 2 aromatic carbocycles. The number of amides is 1. The van der Waals surface area contributed by atoms with Crippen LogP contribution in [0.15, 0.2) is 65.1 Å². The van der Waals surface area contributed by atoms with Crippen molar-refractivity contribution in [3.05, 3.63) is 70.4 Å². The molecular weight excluding hydrogens is 428 g/mol. The maximum Gasteiger partial charge on any atom is 0.281 e. The zero-order valence-electron chi connectivity index (χ0n) is 18.1. The van der Waals surface area contributed by atoms with Gasteiger partial charge in [-0.05, 0) is 41.3 Å². The first kappa shape index (κ1) is 21.7. The first-order valence-corrected chi connectivity index (χ1v) is 10.9. The standard InChI is InChI=1S/C24H24N2O5S/c1-28-19-7-4-5-8-21(19)31-15-24(27)26-18(14-17(25-26)23-9-6-12-32-23)16-10-11-20(29-2)22(13-16)30-3/h4-13,18H,14-15H2,1-3H3/t18-/m0/s1. The van der Waals surface area contributed by atoms with E-state index >= 15 is 0 Å². The molecule has 1 aromatic heterocycles. The number of nitrogens with zero attached hydrogens (tertiary/aromatic N) is 2. The van der Waals surface area contributed by atoms with E-state index in [0.717, 1.165) is 16.2 Å². The van der Waals surface area contributed by atoms with Crippen LogP contribution in [0.1, 0.15) is 22.9 Å². The monoisotopic (exact) mass is 452 g/mol. The summed E-state index contributed by atoms with van der Waals surface area (Å²) in [6.45, 7) is -0.161. The first-order chi connectivity index (χ1) is 15.6. The number of ether oxygens (including phenoxy) is 4. The van der Waals surface area contributed by atoms with Crippen LogP contribution in [0.5, 0.6) is 23.0 Å². The SMILES string of the molecule is COc1ccc([C@@H]2CC(c3cccs3)=NN2C(=O)COc2ccccc2OC)cc1OC. The highest BCUT2D eigenvalue weighted by atomic mass is 32.1. The van der Waals surface area contributed by atoms with E-state index in [0.29, 0.717) is 29.4 Å². The van der Waals surface area contributed by atoms with E-state index in [1.807, 2.05) is 47.8 Å². The number of hydrazone groups is 1. The van der Waals surface area contributed by atoms with Crippen molar-refractivity contribution >= 4 is 23.0 Å². The lowest BCUT2D eigenvalue weighted by Gasteiger charge is -2.23. The van der Waals surface area contributed by atoms with E-state index in [1.165, 1.54) is 5.01 Å². The molecule has 2 heterocycles. The Labute approximate surface area is 190 Å². The fraction of sp³-hybridized carbons (Fsp3) is 0.250. The Morgan fingerprint density at radius 3 is 2.38 bits per heavy atom. The molecule has 32 heavy (non-hydrogen) atoms. The fourth-order valence-corrected chi connectivity index (χ4v) is 4.32.